The Hall–Kier alpha value is -3.11. The van der Waals surface area contributed by atoms with Gasteiger partial charge in [-0.1, -0.05) is 12.1 Å². The number of nitrogens with zero attached hydrogens (tertiary/aromatic N) is 3. The van der Waals surface area contributed by atoms with E-state index >= 15 is 0 Å². The van der Waals surface area contributed by atoms with E-state index in [0.717, 1.165) is 12.8 Å². The second kappa shape index (κ2) is 11.3. The highest BCUT2D eigenvalue weighted by Gasteiger charge is 2.43. The van der Waals surface area contributed by atoms with Crippen molar-refractivity contribution in [3.05, 3.63) is 51.2 Å². The molecule has 0 amide bonds. The van der Waals surface area contributed by atoms with Gasteiger partial charge in [-0.2, -0.15) is 0 Å². The summed E-state index contributed by atoms with van der Waals surface area (Å²) >= 11 is 0. The smallest absolute Gasteiger partial charge is 0.338 e. The Kier molecular flexibility index (Phi) is 8.51. The molecule has 0 aromatic heterocycles. The number of carbonyl (C=O) groups is 2. The number of benzene rings is 1. The maximum absolute atomic E-state index is 13.3. The summed E-state index contributed by atoms with van der Waals surface area (Å²) in [7, 11) is 3.72. The number of nitro groups is 1. The molecule has 2 unspecified atom stereocenters. The predicted molar refractivity (Wildman–Crippen MR) is 124 cm³/mol. The first-order chi connectivity index (χ1) is 16.2. The van der Waals surface area contributed by atoms with Crippen LogP contribution in [0.5, 0.6) is 0 Å². The zero-order valence-corrected chi connectivity index (χ0v) is 20.0. The normalized spacial score (nSPS) is 22.9. The van der Waals surface area contributed by atoms with Gasteiger partial charge in [0.25, 0.3) is 5.69 Å². The van der Waals surface area contributed by atoms with E-state index in [1.165, 1.54) is 18.2 Å². The third-order valence-electron chi connectivity index (χ3n) is 5.90. The number of carbonyl (C=O) groups excluding carboxylic acids is 2. The van der Waals surface area contributed by atoms with E-state index < -0.39 is 35.0 Å². The van der Waals surface area contributed by atoms with Crippen LogP contribution in [0.1, 0.15) is 44.6 Å². The van der Waals surface area contributed by atoms with Crippen molar-refractivity contribution in [3.8, 4) is 0 Å². The molecule has 0 bridgehead atoms. The zero-order valence-electron chi connectivity index (χ0n) is 20.0. The molecule has 10 nitrogen and oxygen atoms in total. The highest BCUT2D eigenvalue weighted by atomic mass is 16.7. The van der Waals surface area contributed by atoms with Gasteiger partial charge in [-0.3, -0.25) is 19.9 Å². The highest BCUT2D eigenvalue weighted by molar-refractivity contribution is 6.07. The van der Waals surface area contributed by atoms with Crippen molar-refractivity contribution in [2.45, 2.75) is 45.3 Å². The molecule has 0 aliphatic carbocycles. The fraction of sp³-hybridized carbons (Fsp3) is 0.542. The number of rotatable bonds is 8. The van der Waals surface area contributed by atoms with Crippen molar-refractivity contribution in [3.63, 3.8) is 0 Å². The van der Waals surface area contributed by atoms with Crippen molar-refractivity contribution < 1.29 is 28.7 Å². The predicted octanol–water partition coefficient (Wildman–Crippen LogP) is 3.22. The first-order valence-electron chi connectivity index (χ1n) is 11.3. The third kappa shape index (κ3) is 6.06. The molecule has 0 N–H and O–H groups in total. The number of ether oxygens (including phenoxy) is 3. The van der Waals surface area contributed by atoms with Crippen LogP contribution in [-0.2, 0) is 23.8 Å². The Morgan fingerprint density at radius 2 is 2.03 bits per heavy atom. The lowest BCUT2D eigenvalue weighted by molar-refractivity contribution is -0.384. The molecule has 2 aliphatic heterocycles. The number of esters is 2. The fourth-order valence-electron chi connectivity index (χ4n) is 4.21. The van der Waals surface area contributed by atoms with Crippen LogP contribution in [0, 0.1) is 16.0 Å². The molecule has 2 heterocycles. The second-order valence-electron chi connectivity index (χ2n) is 8.73. The fourth-order valence-corrected chi connectivity index (χ4v) is 4.21. The molecule has 1 fully saturated rings. The van der Waals surface area contributed by atoms with Gasteiger partial charge in [0.2, 0.25) is 6.29 Å². The Bertz CT molecular complexity index is 996. The zero-order chi connectivity index (χ0) is 24.8. The molecule has 1 saturated heterocycles. The average Bonchev–Trinajstić information content (AvgIpc) is 2.78. The van der Waals surface area contributed by atoms with Crippen LogP contribution in [0.2, 0.25) is 0 Å². The van der Waals surface area contributed by atoms with E-state index in [4.69, 9.17) is 14.2 Å². The lowest BCUT2D eigenvalue weighted by Crippen LogP contribution is -2.38. The van der Waals surface area contributed by atoms with E-state index in [1.807, 2.05) is 19.0 Å². The highest BCUT2D eigenvalue weighted by Crippen LogP contribution is 2.41. The van der Waals surface area contributed by atoms with Crippen LogP contribution in [0.15, 0.2) is 40.5 Å². The number of hydrogen-bond donors (Lipinski definition) is 0. The third-order valence-corrected chi connectivity index (χ3v) is 5.90. The summed E-state index contributed by atoms with van der Waals surface area (Å²) in [5.41, 5.74) is 1.34. The molecule has 1 aromatic carbocycles. The van der Waals surface area contributed by atoms with Gasteiger partial charge in [0.15, 0.2) is 0 Å². The van der Waals surface area contributed by atoms with Crippen LogP contribution < -0.4 is 0 Å². The summed E-state index contributed by atoms with van der Waals surface area (Å²) in [6, 6.07) is 5.93. The second-order valence-corrected chi connectivity index (χ2v) is 8.73. The van der Waals surface area contributed by atoms with Crippen molar-refractivity contribution in [2.24, 2.45) is 10.9 Å². The van der Waals surface area contributed by atoms with Crippen molar-refractivity contribution >= 4 is 23.3 Å². The molecule has 0 spiro atoms. The summed E-state index contributed by atoms with van der Waals surface area (Å²) in [5, 5.41) is 11.4. The average molecular weight is 474 g/mol. The molecular formula is C24H31N3O7. The number of aliphatic imine (C=N–C) groups is 1. The van der Waals surface area contributed by atoms with Crippen LogP contribution in [0.4, 0.5) is 5.69 Å². The summed E-state index contributed by atoms with van der Waals surface area (Å²) in [6.45, 7) is 4.55. The molecule has 2 aliphatic rings. The van der Waals surface area contributed by atoms with Gasteiger partial charge in [-0.15, -0.1) is 0 Å². The molecule has 3 rings (SSSR count). The van der Waals surface area contributed by atoms with Gasteiger partial charge in [0.05, 0.1) is 17.1 Å². The van der Waals surface area contributed by atoms with Gasteiger partial charge in [0.1, 0.15) is 12.5 Å². The summed E-state index contributed by atoms with van der Waals surface area (Å²) in [6.07, 6.45) is 1.68. The van der Waals surface area contributed by atoms with Crippen LogP contribution in [-0.4, -0.2) is 67.6 Å². The topological polar surface area (TPSA) is 121 Å². The Labute approximate surface area is 198 Å². The van der Waals surface area contributed by atoms with Crippen molar-refractivity contribution in [1.29, 1.82) is 0 Å². The molecule has 0 radical (unpaired) electrons. The monoisotopic (exact) mass is 473 g/mol. The van der Waals surface area contributed by atoms with Crippen LogP contribution in [0.25, 0.3) is 0 Å². The maximum Gasteiger partial charge on any atom is 0.338 e. The van der Waals surface area contributed by atoms with E-state index in [2.05, 4.69) is 4.99 Å². The summed E-state index contributed by atoms with van der Waals surface area (Å²) in [4.78, 5) is 43.8. The van der Waals surface area contributed by atoms with Gasteiger partial charge in [0, 0.05) is 42.4 Å². The summed E-state index contributed by atoms with van der Waals surface area (Å²) in [5.74, 6) is -2.97. The van der Waals surface area contributed by atoms with E-state index in [1.54, 1.807) is 19.9 Å². The number of non-ortho nitro benzene ring substituents is 1. The molecule has 1 aromatic rings. The number of likely N-dealkylation sites (N-methyl/N-ethyl adjacent to an activating group) is 1. The molecule has 3 atom stereocenters. The van der Waals surface area contributed by atoms with Crippen molar-refractivity contribution in [2.75, 3.05) is 33.9 Å². The lowest BCUT2D eigenvalue weighted by atomic mass is 9.75. The molecular weight excluding hydrogens is 442 g/mol. The van der Waals surface area contributed by atoms with Crippen molar-refractivity contribution in [1.82, 2.24) is 4.90 Å². The van der Waals surface area contributed by atoms with Gasteiger partial charge in [-0.25, -0.2) is 4.79 Å². The standard InChI is InChI=1S/C24H31N3O7/c1-15-20(23(28)33-13-11-26(3)4)22(17-8-7-9-18(14-17)27(30)31)21(16(2)25-15)24(29)34-19-10-5-6-12-32-19/h7-9,14,19-20,22H,5-6,10-13H2,1-4H3/t19?,20?,22-/m1/s1. The van der Waals surface area contributed by atoms with Gasteiger partial charge < -0.3 is 19.1 Å². The molecule has 10 heteroatoms. The minimum absolute atomic E-state index is 0.140. The number of allylic oxidation sites excluding steroid dienone is 1. The Morgan fingerprint density at radius 1 is 1.26 bits per heavy atom. The minimum Gasteiger partial charge on any atom is -0.464 e. The van der Waals surface area contributed by atoms with E-state index in [0.29, 0.717) is 36.5 Å². The lowest BCUT2D eigenvalue weighted by Gasteiger charge is -2.32. The first kappa shape index (κ1) is 25.5. The number of nitro benzene ring substituents is 1. The van der Waals surface area contributed by atoms with E-state index in [9.17, 15) is 19.7 Å². The van der Waals surface area contributed by atoms with Crippen LogP contribution in [0.3, 0.4) is 0 Å². The van der Waals surface area contributed by atoms with Gasteiger partial charge in [-0.05, 0) is 46.3 Å². The minimum atomic E-state index is -0.928. The molecule has 0 saturated carbocycles. The Balaban J connectivity index is 2.00. The molecule has 184 valence electrons. The largest absolute Gasteiger partial charge is 0.464 e. The quantitative estimate of drug-likeness (QED) is 0.321. The van der Waals surface area contributed by atoms with E-state index in [-0.39, 0.29) is 17.9 Å². The maximum atomic E-state index is 13.3. The Morgan fingerprint density at radius 3 is 2.68 bits per heavy atom. The number of hydrogen-bond acceptors (Lipinski definition) is 9. The first-order valence-corrected chi connectivity index (χ1v) is 11.3. The van der Waals surface area contributed by atoms with Gasteiger partial charge >= 0.3 is 11.9 Å². The molecule has 34 heavy (non-hydrogen) atoms. The van der Waals surface area contributed by atoms with Crippen LogP contribution >= 0.6 is 0 Å². The summed E-state index contributed by atoms with van der Waals surface area (Å²) < 4.78 is 16.7. The SMILES string of the molecule is CC1=NC(C)=C(C(=O)OC2CCCCO2)[C@H](c2cccc([N+](=O)[O-])c2)C1C(=O)OCCN(C)C.